The Morgan fingerprint density at radius 1 is 1.25 bits per heavy atom. The zero-order chi connectivity index (χ0) is 17.4. The molecule has 3 nitrogen and oxygen atoms in total. The summed E-state index contributed by atoms with van der Waals surface area (Å²) in [7, 11) is 0. The molecule has 1 amide bonds. The van der Waals surface area contributed by atoms with Crippen LogP contribution in [0.2, 0.25) is 0 Å². The lowest BCUT2D eigenvalue weighted by Gasteiger charge is -2.36. The zero-order valence-electron chi connectivity index (χ0n) is 14.6. The molecular weight excluding hydrogens is 364 g/mol. The van der Waals surface area contributed by atoms with E-state index in [0.717, 1.165) is 33.4 Å². The lowest BCUT2D eigenvalue weighted by atomic mass is 10.0. The molecule has 1 atom stereocenters. The van der Waals surface area contributed by atoms with Gasteiger partial charge in [0.2, 0.25) is 0 Å². The van der Waals surface area contributed by atoms with Crippen LogP contribution in [0.1, 0.15) is 40.4 Å². The van der Waals surface area contributed by atoms with Crippen LogP contribution < -0.4 is 10.2 Å². The van der Waals surface area contributed by atoms with Gasteiger partial charge in [0.05, 0.1) is 11.4 Å². The summed E-state index contributed by atoms with van der Waals surface area (Å²) in [6.07, 6.45) is 0.980. The molecule has 0 saturated carbocycles. The Labute approximate surface area is 152 Å². The maximum atomic E-state index is 13.3. The molecule has 2 aromatic carbocycles. The average molecular weight is 387 g/mol. The molecule has 0 spiro atoms. The monoisotopic (exact) mass is 386 g/mol. The second-order valence-electron chi connectivity index (χ2n) is 6.53. The number of halogens is 1. The summed E-state index contributed by atoms with van der Waals surface area (Å²) in [4.78, 5) is 15.2. The number of fused-ring (bicyclic) bond motifs is 1. The molecule has 0 bridgehead atoms. The van der Waals surface area contributed by atoms with Gasteiger partial charge in [-0.25, -0.2) is 0 Å². The van der Waals surface area contributed by atoms with Crippen molar-refractivity contribution in [3.8, 4) is 0 Å². The fraction of sp³-hybridized carbons (Fsp3) is 0.350. The van der Waals surface area contributed by atoms with Crippen LogP contribution >= 0.6 is 15.9 Å². The topological polar surface area (TPSA) is 32.3 Å². The summed E-state index contributed by atoms with van der Waals surface area (Å²) in [5.74, 6) is 0.0678. The maximum Gasteiger partial charge on any atom is 0.258 e. The van der Waals surface area contributed by atoms with Crippen molar-refractivity contribution >= 4 is 33.2 Å². The van der Waals surface area contributed by atoms with E-state index in [-0.39, 0.29) is 11.9 Å². The Bertz CT molecular complexity index is 800. The van der Waals surface area contributed by atoms with Crippen molar-refractivity contribution in [1.82, 2.24) is 0 Å². The van der Waals surface area contributed by atoms with E-state index in [0.29, 0.717) is 6.54 Å². The van der Waals surface area contributed by atoms with E-state index in [1.807, 2.05) is 30.0 Å². The molecule has 0 fully saturated rings. The molecule has 1 heterocycles. The first-order valence-electron chi connectivity index (χ1n) is 8.37. The molecule has 24 heavy (non-hydrogen) atoms. The van der Waals surface area contributed by atoms with Gasteiger partial charge in [0, 0.05) is 22.6 Å². The lowest BCUT2D eigenvalue weighted by molar-refractivity contribution is 0.0984. The number of carbonyl (C=O) groups is 1. The number of nitrogens with one attached hydrogen (secondary N) is 1. The standard InChI is InChI=1S/C20H23BrN2O/c1-5-15-11-23(19-10-13(3)12(2)9-18(19)22-15)20(24)16-7-6-8-17(21)14(16)4/h6-10,15,22H,5,11H2,1-4H3. The molecule has 1 unspecified atom stereocenters. The first-order chi connectivity index (χ1) is 11.4. The maximum absolute atomic E-state index is 13.3. The van der Waals surface area contributed by atoms with E-state index in [4.69, 9.17) is 0 Å². The number of nitrogens with zero attached hydrogens (tertiary/aromatic N) is 1. The molecule has 4 heteroatoms. The highest BCUT2D eigenvalue weighted by atomic mass is 79.9. The molecule has 2 aromatic rings. The lowest BCUT2D eigenvalue weighted by Crippen LogP contribution is -2.44. The van der Waals surface area contributed by atoms with Gasteiger partial charge in [-0.1, -0.05) is 28.9 Å². The van der Waals surface area contributed by atoms with Gasteiger partial charge < -0.3 is 10.2 Å². The Morgan fingerprint density at radius 2 is 1.96 bits per heavy atom. The first-order valence-corrected chi connectivity index (χ1v) is 9.16. The van der Waals surface area contributed by atoms with Crippen molar-refractivity contribution in [2.45, 2.75) is 40.2 Å². The predicted octanol–water partition coefficient (Wildman–Crippen LogP) is 5.23. The number of carbonyl (C=O) groups excluding carboxylic acids is 1. The van der Waals surface area contributed by atoms with Crippen LogP contribution in [0.25, 0.3) is 0 Å². The van der Waals surface area contributed by atoms with Crippen molar-refractivity contribution in [3.63, 3.8) is 0 Å². The highest BCUT2D eigenvalue weighted by Gasteiger charge is 2.29. The fourth-order valence-electron chi connectivity index (χ4n) is 3.13. The van der Waals surface area contributed by atoms with Crippen LogP contribution in [-0.4, -0.2) is 18.5 Å². The Kier molecular flexibility index (Phi) is 4.68. The normalized spacial score (nSPS) is 16.5. The summed E-state index contributed by atoms with van der Waals surface area (Å²) in [6.45, 7) is 9.03. The van der Waals surface area contributed by atoms with Crippen LogP contribution in [0.5, 0.6) is 0 Å². The summed E-state index contributed by atoms with van der Waals surface area (Å²) in [5, 5.41) is 3.57. The summed E-state index contributed by atoms with van der Waals surface area (Å²) < 4.78 is 0.968. The SMILES string of the molecule is CCC1CN(C(=O)c2cccc(Br)c2C)c2cc(C)c(C)cc2N1. The van der Waals surface area contributed by atoms with Crippen LogP contribution in [0.15, 0.2) is 34.8 Å². The quantitative estimate of drug-likeness (QED) is 0.766. The average Bonchev–Trinajstić information content (AvgIpc) is 2.57. The van der Waals surface area contributed by atoms with E-state index in [1.54, 1.807) is 0 Å². The molecule has 1 aliphatic rings. The number of hydrogen-bond donors (Lipinski definition) is 1. The van der Waals surface area contributed by atoms with Crippen molar-refractivity contribution in [2.24, 2.45) is 0 Å². The number of anilines is 2. The second kappa shape index (κ2) is 6.60. The van der Waals surface area contributed by atoms with E-state index in [2.05, 4.69) is 54.2 Å². The number of benzene rings is 2. The Balaban J connectivity index is 2.09. The van der Waals surface area contributed by atoms with E-state index in [1.165, 1.54) is 11.1 Å². The van der Waals surface area contributed by atoms with E-state index >= 15 is 0 Å². The van der Waals surface area contributed by atoms with Crippen LogP contribution in [0.4, 0.5) is 11.4 Å². The fourth-order valence-corrected chi connectivity index (χ4v) is 3.50. The summed E-state index contributed by atoms with van der Waals surface area (Å²) >= 11 is 3.53. The summed E-state index contributed by atoms with van der Waals surface area (Å²) in [6, 6.07) is 10.4. The molecule has 0 aliphatic carbocycles. The predicted molar refractivity (Wildman–Crippen MR) is 104 cm³/mol. The molecular formula is C20H23BrN2O. The van der Waals surface area contributed by atoms with Crippen molar-refractivity contribution in [1.29, 1.82) is 0 Å². The molecule has 1 N–H and O–H groups in total. The third kappa shape index (κ3) is 2.95. The van der Waals surface area contributed by atoms with Crippen molar-refractivity contribution < 1.29 is 4.79 Å². The Morgan fingerprint density at radius 3 is 2.67 bits per heavy atom. The molecule has 3 rings (SSSR count). The largest absolute Gasteiger partial charge is 0.379 e. The number of aryl methyl sites for hydroxylation is 2. The van der Waals surface area contributed by atoms with Gasteiger partial charge >= 0.3 is 0 Å². The minimum absolute atomic E-state index is 0.0678. The van der Waals surface area contributed by atoms with Crippen molar-refractivity contribution in [2.75, 3.05) is 16.8 Å². The van der Waals surface area contributed by atoms with Crippen LogP contribution in [-0.2, 0) is 0 Å². The second-order valence-corrected chi connectivity index (χ2v) is 7.39. The van der Waals surface area contributed by atoms with Crippen LogP contribution in [0.3, 0.4) is 0 Å². The van der Waals surface area contributed by atoms with Crippen molar-refractivity contribution in [3.05, 3.63) is 57.1 Å². The molecule has 0 radical (unpaired) electrons. The number of hydrogen-bond acceptors (Lipinski definition) is 2. The number of amides is 1. The molecule has 126 valence electrons. The van der Waals surface area contributed by atoms with E-state index in [9.17, 15) is 4.79 Å². The molecule has 0 saturated heterocycles. The van der Waals surface area contributed by atoms with Gasteiger partial charge in [0.25, 0.3) is 5.91 Å². The minimum Gasteiger partial charge on any atom is -0.379 e. The van der Waals surface area contributed by atoms with E-state index < -0.39 is 0 Å². The third-order valence-electron chi connectivity index (χ3n) is 4.90. The van der Waals surface area contributed by atoms with Gasteiger partial charge in [0.15, 0.2) is 0 Å². The van der Waals surface area contributed by atoms with Gasteiger partial charge in [-0.3, -0.25) is 4.79 Å². The molecule has 0 aromatic heterocycles. The number of rotatable bonds is 2. The smallest absolute Gasteiger partial charge is 0.258 e. The third-order valence-corrected chi connectivity index (χ3v) is 5.76. The highest BCUT2D eigenvalue weighted by molar-refractivity contribution is 9.10. The van der Waals surface area contributed by atoms with Gasteiger partial charge in [-0.2, -0.15) is 0 Å². The zero-order valence-corrected chi connectivity index (χ0v) is 16.2. The highest BCUT2D eigenvalue weighted by Crippen LogP contribution is 2.35. The van der Waals surface area contributed by atoms with Crippen LogP contribution in [0, 0.1) is 20.8 Å². The summed E-state index contributed by atoms with van der Waals surface area (Å²) in [5.41, 5.74) is 6.22. The van der Waals surface area contributed by atoms with Gasteiger partial charge in [-0.15, -0.1) is 0 Å². The molecule has 1 aliphatic heterocycles. The van der Waals surface area contributed by atoms with Gasteiger partial charge in [0.1, 0.15) is 0 Å². The Hall–Kier alpha value is -1.81. The first kappa shape index (κ1) is 17.0. The minimum atomic E-state index is 0.0678. The van der Waals surface area contributed by atoms with Gasteiger partial charge in [-0.05, 0) is 68.1 Å².